The van der Waals surface area contributed by atoms with Gasteiger partial charge in [0, 0.05) is 24.0 Å². The van der Waals surface area contributed by atoms with E-state index in [1.807, 2.05) is 29.2 Å². The van der Waals surface area contributed by atoms with Gasteiger partial charge in [0.15, 0.2) is 11.5 Å². The van der Waals surface area contributed by atoms with E-state index in [1.165, 1.54) is 0 Å². The molecule has 5 nitrogen and oxygen atoms in total. The topological polar surface area (TPSA) is 55.7 Å². The lowest BCUT2D eigenvalue weighted by Gasteiger charge is -2.09. The zero-order valence-corrected chi connectivity index (χ0v) is 9.09. The van der Waals surface area contributed by atoms with Crippen LogP contribution in [0.3, 0.4) is 0 Å². The second kappa shape index (κ2) is 3.93. The third kappa shape index (κ3) is 1.87. The van der Waals surface area contributed by atoms with Gasteiger partial charge in [0.25, 0.3) is 0 Å². The van der Waals surface area contributed by atoms with Crippen LogP contribution in [0.2, 0.25) is 0 Å². The van der Waals surface area contributed by atoms with Crippen molar-refractivity contribution in [3.63, 3.8) is 0 Å². The molecule has 1 aromatic heterocycles. The predicted molar refractivity (Wildman–Crippen MR) is 61.7 cm³/mol. The molecule has 1 aromatic carbocycles. The van der Waals surface area contributed by atoms with Gasteiger partial charge >= 0.3 is 0 Å². The SMILES string of the molecule is Oc1cc2c(cc1CNn1cccc1)OCO2. The monoisotopic (exact) mass is 232 g/mol. The Bertz CT molecular complexity index is 523. The largest absolute Gasteiger partial charge is 0.507 e. The fourth-order valence-electron chi connectivity index (χ4n) is 1.73. The minimum atomic E-state index is 0.203. The molecule has 1 aliphatic rings. The van der Waals surface area contributed by atoms with Gasteiger partial charge in [0.1, 0.15) is 5.75 Å². The van der Waals surface area contributed by atoms with E-state index in [0.717, 1.165) is 5.56 Å². The number of hydrogen-bond donors (Lipinski definition) is 2. The minimum absolute atomic E-state index is 0.203. The van der Waals surface area contributed by atoms with Gasteiger partial charge in [-0.3, -0.25) is 4.68 Å². The number of aromatic nitrogens is 1. The highest BCUT2D eigenvalue weighted by Crippen LogP contribution is 2.37. The Balaban J connectivity index is 1.79. The highest BCUT2D eigenvalue weighted by molar-refractivity contribution is 5.51. The Morgan fingerprint density at radius 3 is 2.65 bits per heavy atom. The van der Waals surface area contributed by atoms with Crippen LogP contribution in [0, 0.1) is 0 Å². The molecule has 0 saturated heterocycles. The normalized spacial score (nSPS) is 12.7. The first-order valence-corrected chi connectivity index (χ1v) is 5.31. The second-order valence-corrected chi connectivity index (χ2v) is 3.76. The Kier molecular flexibility index (Phi) is 2.29. The third-order valence-electron chi connectivity index (χ3n) is 2.63. The summed E-state index contributed by atoms with van der Waals surface area (Å²) in [7, 11) is 0. The van der Waals surface area contributed by atoms with E-state index in [9.17, 15) is 5.11 Å². The molecule has 0 unspecified atom stereocenters. The molecule has 0 spiro atoms. The van der Waals surface area contributed by atoms with E-state index in [1.54, 1.807) is 12.1 Å². The summed E-state index contributed by atoms with van der Waals surface area (Å²) in [6, 6.07) is 7.21. The minimum Gasteiger partial charge on any atom is -0.507 e. The zero-order valence-electron chi connectivity index (χ0n) is 9.09. The van der Waals surface area contributed by atoms with Crippen molar-refractivity contribution in [3.05, 3.63) is 42.2 Å². The molecule has 5 heteroatoms. The van der Waals surface area contributed by atoms with Crippen LogP contribution in [0.1, 0.15) is 5.56 Å². The van der Waals surface area contributed by atoms with E-state index in [0.29, 0.717) is 18.0 Å². The number of nitrogens with one attached hydrogen (secondary N) is 1. The van der Waals surface area contributed by atoms with Crippen molar-refractivity contribution in [3.8, 4) is 17.2 Å². The van der Waals surface area contributed by atoms with Crippen LogP contribution in [0.15, 0.2) is 36.7 Å². The van der Waals surface area contributed by atoms with Crippen molar-refractivity contribution >= 4 is 0 Å². The number of phenols is 1. The quantitative estimate of drug-likeness (QED) is 0.845. The van der Waals surface area contributed by atoms with Crippen molar-refractivity contribution in [2.45, 2.75) is 6.54 Å². The van der Waals surface area contributed by atoms with E-state index in [2.05, 4.69) is 5.43 Å². The average Bonchev–Trinajstić information content (AvgIpc) is 2.95. The van der Waals surface area contributed by atoms with Crippen LogP contribution in [0.25, 0.3) is 0 Å². The van der Waals surface area contributed by atoms with Gasteiger partial charge in [-0.25, -0.2) is 0 Å². The number of aromatic hydroxyl groups is 1. The van der Waals surface area contributed by atoms with Crippen molar-refractivity contribution in [2.75, 3.05) is 12.2 Å². The van der Waals surface area contributed by atoms with Gasteiger partial charge in [-0.1, -0.05) is 0 Å². The van der Waals surface area contributed by atoms with Gasteiger partial charge in [0.05, 0.1) is 6.54 Å². The number of rotatable bonds is 3. The first-order valence-electron chi connectivity index (χ1n) is 5.31. The molecule has 1 aliphatic heterocycles. The van der Waals surface area contributed by atoms with Crippen molar-refractivity contribution in [1.29, 1.82) is 0 Å². The highest BCUT2D eigenvalue weighted by Gasteiger charge is 2.16. The molecule has 0 atom stereocenters. The fourth-order valence-corrected chi connectivity index (χ4v) is 1.73. The Morgan fingerprint density at radius 1 is 1.18 bits per heavy atom. The maximum Gasteiger partial charge on any atom is 0.231 e. The number of phenolic OH excluding ortho intramolecular Hbond substituents is 1. The van der Waals surface area contributed by atoms with Crippen molar-refractivity contribution < 1.29 is 14.6 Å². The third-order valence-corrected chi connectivity index (χ3v) is 2.63. The molecule has 2 heterocycles. The Labute approximate surface area is 98.2 Å². The molecule has 3 rings (SSSR count). The van der Waals surface area contributed by atoms with Crippen LogP contribution in [0.5, 0.6) is 17.2 Å². The standard InChI is InChI=1S/C12H12N2O3/c15-10-6-12-11(16-8-17-12)5-9(10)7-13-14-3-1-2-4-14/h1-6,13,15H,7-8H2. The lowest BCUT2D eigenvalue weighted by atomic mass is 10.2. The lowest BCUT2D eigenvalue weighted by molar-refractivity contribution is 0.174. The number of hydrogen-bond acceptors (Lipinski definition) is 4. The maximum atomic E-state index is 9.82. The Hall–Kier alpha value is -2.30. The van der Waals surface area contributed by atoms with Gasteiger partial charge in [-0.2, -0.15) is 0 Å². The first-order chi connectivity index (χ1) is 8.33. The number of ether oxygens (including phenoxy) is 2. The molecule has 88 valence electrons. The summed E-state index contributed by atoms with van der Waals surface area (Å²) >= 11 is 0. The van der Waals surface area contributed by atoms with E-state index in [4.69, 9.17) is 9.47 Å². The summed E-state index contributed by atoms with van der Waals surface area (Å²) in [5, 5.41) is 9.82. The molecule has 2 N–H and O–H groups in total. The van der Waals surface area contributed by atoms with Crippen LogP contribution in [0.4, 0.5) is 0 Å². The van der Waals surface area contributed by atoms with E-state index >= 15 is 0 Å². The molecular weight excluding hydrogens is 220 g/mol. The van der Waals surface area contributed by atoms with Gasteiger partial charge in [-0.05, 0) is 18.2 Å². The summed E-state index contributed by atoms with van der Waals surface area (Å²) < 4.78 is 12.3. The number of fused-ring (bicyclic) bond motifs is 1. The van der Waals surface area contributed by atoms with Gasteiger partial charge in [0.2, 0.25) is 6.79 Å². The van der Waals surface area contributed by atoms with Crippen molar-refractivity contribution in [1.82, 2.24) is 4.68 Å². The average molecular weight is 232 g/mol. The van der Waals surface area contributed by atoms with E-state index in [-0.39, 0.29) is 12.5 Å². The number of benzene rings is 1. The molecule has 0 aliphatic carbocycles. The summed E-state index contributed by atoms with van der Waals surface area (Å²) in [5.74, 6) is 1.47. The van der Waals surface area contributed by atoms with Crippen LogP contribution < -0.4 is 14.9 Å². The second-order valence-electron chi connectivity index (χ2n) is 3.76. The van der Waals surface area contributed by atoms with E-state index < -0.39 is 0 Å². The van der Waals surface area contributed by atoms with Crippen LogP contribution in [-0.2, 0) is 6.54 Å². The first kappa shape index (κ1) is 9.89. The maximum absolute atomic E-state index is 9.82. The molecular formula is C12H12N2O3. The molecule has 2 aromatic rings. The van der Waals surface area contributed by atoms with Crippen LogP contribution >= 0.6 is 0 Å². The van der Waals surface area contributed by atoms with Gasteiger partial charge in [-0.15, -0.1) is 0 Å². The smallest absolute Gasteiger partial charge is 0.231 e. The fraction of sp³-hybridized carbons (Fsp3) is 0.167. The zero-order chi connectivity index (χ0) is 11.7. The summed E-state index contributed by atoms with van der Waals surface area (Å²) in [6.07, 6.45) is 3.79. The molecule has 17 heavy (non-hydrogen) atoms. The lowest BCUT2D eigenvalue weighted by Crippen LogP contribution is -2.11. The molecule has 0 radical (unpaired) electrons. The number of nitrogens with zero attached hydrogens (tertiary/aromatic N) is 1. The predicted octanol–water partition coefficient (Wildman–Crippen LogP) is 1.67. The van der Waals surface area contributed by atoms with Crippen molar-refractivity contribution in [2.24, 2.45) is 0 Å². The summed E-state index contributed by atoms with van der Waals surface area (Å²) in [6.45, 7) is 0.723. The van der Waals surface area contributed by atoms with Crippen LogP contribution in [-0.4, -0.2) is 16.6 Å². The molecule has 0 bridgehead atoms. The molecule has 0 amide bonds. The highest BCUT2D eigenvalue weighted by atomic mass is 16.7. The van der Waals surface area contributed by atoms with Gasteiger partial charge < -0.3 is 20.0 Å². The molecule has 0 saturated carbocycles. The Morgan fingerprint density at radius 2 is 1.88 bits per heavy atom. The summed E-state index contributed by atoms with van der Waals surface area (Å²) in [5.41, 5.74) is 3.90. The molecule has 0 fully saturated rings. The summed E-state index contributed by atoms with van der Waals surface area (Å²) in [4.78, 5) is 0.